The van der Waals surface area contributed by atoms with Crippen molar-refractivity contribution < 1.29 is 17.9 Å². The number of methoxy groups -OCH3 is 1. The number of benzene rings is 2. The van der Waals surface area contributed by atoms with Crippen molar-refractivity contribution in [3.05, 3.63) is 65.4 Å². The molecule has 0 atom stereocenters. The maximum atomic E-state index is 12.6. The molecule has 3 rings (SSSR count). The number of anilines is 2. The zero-order valence-corrected chi connectivity index (χ0v) is 20.4. The van der Waals surface area contributed by atoms with E-state index in [1.54, 1.807) is 31.4 Å². The summed E-state index contributed by atoms with van der Waals surface area (Å²) in [5, 5.41) is 18.3. The Hall–Kier alpha value is -3.46. The number of sulfonamides is 1. The Morgan fingerprint density at radius 1 is 1.15 bits per heavy atom. The summed E-state index contributed by atoms with van der Waals surface area (Å²) >= 11 is 1.17. The number of Topliss-reactive ketones (excluding diaryl/α,β-unsaturated/α-hetero) is 1. The summed E-state index contributed by atoms with van der Waals surface area (Å²) < 4.78 is 28.1. The molecule has 0 unspecified atom stereocenters. The molecule has 3 N–H and O–H groups in total. The molecule has 1 aromatic heterocycles. The summed E-state index contributed by atoms with van der Waals surface area (Å²) in [5.74, 6) is 0.871. The summed E-state index contributed by atoms with van der Waals surface area (Å²) in [7, 11) is -2.26. The van der Waals surface area contributed by atoms with Crippen LogP contribution in [0.2, 0.25) is 0 Å². The van der Waals surface area contributed by atoms with Crippen LogP contribution in [0.1, 0.15) is 41.4 Å². The van der Waals surface area contributed by atoms with Crippen LogP contribution in [0, 0.1) is 11.3 Å². The molecule has 3 aromatic rings. The zero-order chi connectivity index (χ0) is 24.9. The minimum absolute atomic E-state index is 0.0302. The van der Waals surface area contributed by atoms with Crippen LogP contribution in [-0.4, -0.2) is 37.0 Å². The lowest BCUT2D eigenvalue weighted by Gasteiger charge is -2.14. The molecule has 1 heterocycles. The molecule has 11 heteroatoms. The molecule has 9 nitrogen and oxygen atoms in total. The Morgan fingerprint density at radius 2 is 1.79 bits per heavy atom. The number of nitrogens with one attached hydrogen (secondary N) is 1. The standard InChI is InChI=1S/C23H23N5O4S2/c1-14(2)21-19(12-24)22(26-16-6-10-18(11-7-16)34(25,30)31)28-23(27-21)33-13-20(29)15-4-8-17(32-3)9-5-15/h4-11,14H,13H2,1-3H3,(H2,25,30,31)(H,26,27,28). The molecule has 0 amide bonds. The second-order valence-electron chi connectivity index (χ2n) is 7.52. The van der Waals surface area contributed by atoms with Gasteiger partial charge in [0.1, 0.15) is 17.4 Å². The van der Waals surface area contributed by atoms with E-state index in [1.165, 1.54) is 36.0 Å². The third-order valence-corrected chi connectivity index (χ3v) is 6.54. The lowest BCUT2D eigenvalue weighted by atomic mass is 10.1. The quantitative estimate of drug-likeness (QED) is 0.255. The average molecular weight is 498 g/mol. The van der Waals surface area contributed by atoms with E-state index in [2.05, 4.69) is 21.4 Å². The van der Waals surface area contributed by atoms with Crippen LogP contribution in [0.15, 0.2) is 58.6 Å². The molecule has 0 aliphatic heterocycles. The number of ketones is 1. The van der Waals surface area contributed by atoms with Crippen molar-refractivity contribution in [1.82, 2.24) is 9.97 Å². The highest BCUT2D eigenvalue weighted by atomic mass is 32.2. The fourth-order valence-electron chi connectivity index (χ4n) is 2.99. The molecule has 0 radical (unpaired) electrons. The second-order valence-corrected chi connectivity index (χ2v) is 10.0. The van der Waals surface area contributed by atoms with Gasteiger partial charge in [0.25, 0.3) is 0 Å². The summed E-state index contributed by atoms with van der Waals surface area (Å²) in [4.78, 5) is 21.5. The van der Waals surface area contributed by atoms with Gasteiger partial charge in [-0.25, -0.2) is 23.5 Å². The third-order valence-electron chi connectivity index (χ3n) is 4.77. The van der Waals surface area contributed by atoms with Gasteiger partial charge in [0, 0.05) is 11.3 Å². The number of hydrogen-bond donors (Lipinski definition) is 2. The first-order valence-electron chi connectivity index (χ1n) is 10.1. The fourth-order valence-corrected chi connectivity index (χ4v) is 4.26. The van der Waals surface area contributed by atoms with E-state index in [1.807, 2.05) is 13.8 Å². The van der Waals surface area contributed by atoms with Crippen molar-refractivity contribution in [2.45, 2.75) is 29.8 Å². The predicted molar refractivity (Wildman–Crippen MR) is 130 cm³/mol. The zero-order valence-electron chi connectivity index (χ0n) is 18.8. The summed E-state index contributed by atoms with van der Waals surface area (Å²) in [6.45, 7) is 3.82. The van der Waals surface area contributed by atoms with Crippen molar-refractivity contribution in [1.29, 1.82) is 5.26 Å². The molecule has 0 fully saturated rings. The Morgan fingerprint density at radius 3 is 2.32 bits per heavy atom. The van der Waals surface area contributed by atoms with E-state index in [9.17, 15) is 18.5 Å². The van der Waals surface area contributed by atoms with Crippen molar-refractivity contribution in [3.8, 4) is 11.8 Å². The minimum atomic E-state index is -3.82. The van der Waals surface area contributed by atoms with Gasteiger partial charge in [-0.1, -0.05) is 25.6 Å². The van der Waals surface area contributed by atoms with Crippen LogP contribution in [0.4, 0.5) is 11.5 Å². The van der Waals surface area contributed by atoms with Crippen molar-refractivity contribution in [2.24, 2.45) is 5.14 Å². The number of primary sulfonamides is 1. The number of carbonyl (C=O) groups is 1. The number of aromatic nitrogens is 2. The molecule has 2 aromatic carbocycles. The van der Waals surface area contributed by atoms with E-state index in [0.29, 0.717) is 27.9 Å². The van der Waals surface area contributed by atoms with Gasteiger partial charge in [-0.15, -0.1) is 0 Å². The molecule has 0 bridgehead atoms. The molecular formula is C23H23N5O4S2. The summed E-state index contributed by atoms with van der Waals surface area (Å²) in [5.41, 5.74) is 1.87. The van der Waals surface area contributed by atoms with Gasteiger partial charge in [0.2, 0.25) is 10.0 Å². The number of nitrogens with zero attached hydrogens (tertiary/aromatic N) is 3. The topological polar surface area (TPSA) is 148 Å². The second kappa shape index (κ2) is 10.6. The highest BCUT2D eigenvalue weighted by molar-refractivity contribution is 7.99. The van der Waals surface area contributed by atoms with Gasteiger partial charge >= 0.3 is 0 Å². The lowest BCUT2D eigenvalue weighted by Crippen LogP contribution is -2.12. The molecule has 0 saturated heterocycles. The molecule has 0 aliphatic carbocycles. The number of hydrogen-bond acceptors (Lipinski definition) is 9. The molecule has 0 spiro atoms. The van der Waals surface area contributed by atoms with Crippen LogP contribution >= 0.6 is 11.8 Å². The van der Waals surface area contributed by atoms with Gasteiger partial charge in [0.05, 0.1) is 23.5 Å². The Labute approximate surface area is 202 Å². The van der Waals surface area contributed by atoms with Gasteiger partial charge in [-0.3, -0.25) is 4.79 Å². The number of rotatable bonds is 9. The first kappa shape index (κ1) is 25.2. The Kier molecular flexibility index (Phi) is 7.88. The number of thioether (sulfide) groups is 1. The molecular weight excluding hydrogens is 474 g/mol. The number of nitrogens with two attached hydrogens (primary N) is 1. The van der Waals surface area contributed by atoms with Crippen molar-refractivity contribution >= 4 is 39.1 Å². The fraction of sp³-hybridized carbons (Fsp3) is 0.217. The third kappa shape index (κ3) is 6.11. The highest BCUT2D eigenvalue weighted by Gasteiger charge is 2.19. The Bertz CT molecular complexity index is 1330. The monoisotopic (exact) mass is 497 g/mol. The predicted octanol–water partition coefficient (Wildman–Crippen LogP) is 3.85. The van der Waals surface area contributed by atoms with Crippen molar-refractivity contribution in [3.63, 3.8) is 0 Å². The molecule has 34 heavy (non-hydrogen) atoms. The van der Waals surface area contributed by atoms with Crippen LogP contribution in [0.5, 0.6) is 5.75 Å². The molecule has 176 valence electrons. The van der Waals surface area contributed by atoms with E-state index in [4.69, 9.17) is 9.88 Å². The van der Waals surface area contributed by atoms with Gasteiger partial charge in [-0.05, 0) is 54.4 Å². The van der Waals surface area contributed by atoms with Crippen LogP contribution in [-0.2, 0) is 10.0 Å². The Balaban J connectivity index is 1.87. The van der Waals surface area contributed by atoms with Gasteiger partial charge in [-0.2, -0.15) is 5.26 Å². The average Bonchev–Trinajstić information content (AvgIpc) is 2.82. The number of carbonyl (C=O) groups excluding carboxylic acids is 1. The number of nitriles is 1. The normalized spacial score (nSPS) is 11.2. The van der Waals surface area contributed by atoms with Crippen LogP contribution in [0.3, 0.4) is 0 Å². The molecule has 0 saturated carbocycles. The van der Waals surface area contributed by atoms with E-state index >= 15 is 0 Å². The largest absolute Gasteiger partial charge is 0.497 e. The smallest absolute Gasteiger partial charge is 0.238 e. The first-order valence-corrected chi connectivity index (χ1v) is 12.7. The summed E-state index contributed by atoms with van der Waals surface area (Å²) in [6, 6.07) is 14.7. The summed E-state index contributed by atoms with van der Waals surface area (Å²) in [6.07, 6.45) is 0. The molecule has 0 aliphatic rings. The SMILES string of the molecule is COc1ccc(C(=O)CSc2nc(Nc3ccc(S(N)(=O)=O)cc3)c(C#N)c(C(C)C)n2)cc1. The minimum Gasteiger partial charge on any atom is -0.497 e. The van der Waals surface area contributed by atoms with Crippen molar-refractivity contribution in [2.75, 3.05) is 18.2 Å². The van der Waals surface area contributed by atoms with E-state index in [-0.39, 0.29) is 33.7 Å². The van der Waals surface area contributed by atoms with Gasteiger partial charge < -0.3 is 10.1 Å². The first-order chi connectivity index (χ1) is 16.1. The maximum Gasteiger partial charge on any atom is 0.238 e. The van der Waals surface area contributed by atoms with E-state index in [0.717, 1.165) is 0 Å². The number of ether oxygens (including phenoxy) is 1. The highest BCUT2D eigenvalue weighted by Crippen LogP contribution is 2.29. The van der Waals surface area contributed by atoms with E-state index < -0.39 is 10.0 Å². The van der Waals surface area contributed by atoms with Crippen LogP contribution < -0.4 is 15.2 Å². The lowest BCUT2D eigenvalue weighted by molar-refractivity contribution is 0.102. The van der Waals surface area contributed by atoms with Gasteiger partial charge in [0.15, 0.2) is 16.8 Å². The maximum absolute atomic E-state index is 12.6. The van der Waals surface area contributed by atoms with Crippen LogP contribution in [0.25, 0.3) is 0 Å².